The summed E-state index contributed by atoms with van der Waals surface area (Å²) in [5.74, 6) is 0.701. The second kappa shape index (κ2) is 4.96. The number of aryl methyl sites for hydroxylation is 2. The van der Waals surface area contributed by atoms with Crippen molar-refractivity contribution in [3.63, 3.8) is 0 Å². The molecular formula is C15H22N4O. The van der Waals surface area contributed by atoms with Gasteiger partial charge in [-0.15, -0.1) is 0 Å². The molecule has 0 saturated carbocycles. The summed E-state index contributed by atoms with van der Waals surface area (Å²) >= 11 is 0. The van der Waals surface area contributed by atoms with E-state index in [1.807, 2.05) is 13.8 Å². The zero-order valence-corrected chi connectivity index (χ0v) is 12.4. The Bertz CT molecular complexity index is 685. The molecule has 1 atom stereocenters. The Balaban J connectivity index is 2.17. The van der Waals surface area contributed by atoms with E-state index in [9.17, 15) is 4.79 Å². The number of hydrogen-bond acceptors (Lipinski definition) is 3. The molecule has 2 aromatic heterocycles. The number of aromatic nitrogens is 3. The topological polar surface area (TPSA) is 53.9 Å². The van der Waals surface area contributed by atoms with Crippen LogP contribution in [0.25, 0.3) is 11.2 Å². The largest absolute Gasteiger partial charge is 0.369 e. The van der Waals surface area contributed by atoms with Crippen molar-refractivity contribution in [2.75, 3.05) is 18.0 Å². The molecule has 0 radical (unpaired) electrons. The van der Waals surface area contributed by atoms with Gasteiger partial charge in [0.25, 0.3) is 0 Å². The van der Waals surface area contributed by atoms with Crippen LogP contribution in [0.15, 0.2) is 10.9 Å². The molecule has 0 unspecified atom stereocenters. The van der Waals surface area contributed by atoms with E-state index < -0.39 is 0 Å². The summed E-state index contributed by atoms with van der Waals surface area (Å²) in [6.07, 6.45) is 2.50. The fourth-order valence-electron chi connectivity index (χ4n) is 3.18. The van der Waals surface area contributed by atoms with Crippen molar-refractivity contribution in [3.8, 4) is 0 Å². The van der Waals surface area contributed by atoms with Crippen molar-refractivity contribution < 1.29 is 0 Å². The number of imidazole rings is 1. The highest BCUT2D eigenvalue weighted by atomic mass is 16.1. The van der Waals surface area contributed by atoms with E-state index in [0.717, 1.165) is 35.6 Å². The molecule has 1 saturated heterocycles. The lowest BCUT2D eigenvalue weighted by Gasteiger charge is -2.33. The molecule has 1 aliphatic rings. The predicted molar refractivity (Wildman–Crippen MR) is 81.4 cm³/mol. The van der Waals surface area contributed by atoms with Gasteiger partial charge in [-0.2, -0.15) is 0 Å². The highest BCUT2D eigenvalue weighted by molar-refractivity contribution is 5.86. The smallest absolute Gasteiger partial charge is 0.327 e. The van der Waals surface area contributed by atoms with Gasteiger partial charge in [-0.05, 0) is 38.7 Å². The first kappa shape index (κ1) is 13.2. The number of pyridine rings is 1. The van der Waals surface area contributed by atoms with Gasteiger partial charge in [-0.3, -0.25) is 4.57 Å². The van der Waals surface area contributed by atoms with Crippen LogP contribution < -0.4 is 10.6 Å². The first-order valence-electron chi connectivity index (χ1n) is 7.45. The lowest BCUT2D eigenvalue weighted by Crippen LogP contribution is -2.34. The Hall–Kier alpha value is -1.78. The first-order valence-corrected chi connectivity index (χ1v) is 7.45. The standard InChI is InChI=1S/C15H22N4O/c1-4-19-14-13(17-15(19)20)12(8-11(3)16-14)18-7-5-6-10(2)9-18/h8,10H,4-7,9H2,1-3H3,(H,17,20)/t10-/m1/s1. The van der Waals surface area contributed by atoms with Crippen LogP contribution in [0.2, 0.25) is 0 Å². The molecule has 5 heteroatoms. The zero-order chi connectivity index (χ0) is 14.3. The molecule has 3 rings (SSSR count). The summed E-state index contributed by atoms with van der Waals surface area (Å²) in [7, 11) is 0. The van der Waals surface area contributed by atoms with Crippen LogP contribution in [-0.4, -0.2) is 27.6 Å². The van der Waals surface area contributed by atoms with Crippen LogP contribution in [0.5, 0.6) is 0 Å². The summed E-state index contributed by atoms with van der Waals surface area (Å²) in [6.45, 7) is 9.01. The Kier molecular flexibility index (Phi) is 3.28. The third kappa shape index (κ3) is 2.11. The number of fused-ring (bicyclic) bond motifs is 1. The maximum atomic E-state index is 12.0. The Morgan fingerprint density at radius 3 is 3.00 bits per heavy atom. The Morgan fingerprint density at radius 2 is 2.30 bits per heavy atom. The van der Waals surface area contributed by atoms with E-state index in [-0.39, 0.29) is 5.69 Å². The van der Waals surface area contributed by atoms with E-state index in [1.165, 1.54) is 12.8 Å². The molecule has 0 amide bonds. The molecule has 2 aromatic rings. The summed E-state index contributed by atoms with van der Waals surface area (Å²) in [5, 5.41) is 0. The molecule has 1 fully saturated rings. The molecule has 1 aliphatic heterocycles. The maximum absolute atomic E-state index is 12.0. The quantitative estimate of drug-likeness (QED) is 0.914. The highest BCUT2D eigenvalue weighted by Gasteiger charge is 2.21. The lowest BCUT2D eigenvalue weighted by molar-refractivity contribution is 0.447. The molecule has 20 heavy (non-hydrogen) atoms. The van der Waals surface area contributed by atoms with E-state index in [4.69, 9.17) is 0 Å². The number of nitrogens with one attached hydrogen (secondary N) is 1. The molecule has 5 nitrogen and oxygen atoms in total. The van der Waals surface area contributed by atoms with Gasteiger partial charge in [0, 0.05) is 25.3 Å². The van der Waals surface area contributed by atoms with Crippen molar-refractivity contribution in [2.45, 2.75) is 40.2 Å². The number of H-pyrrole nitrogens is 1. The number of nitrogens with zero attached hydrogens (tertiary/aromatic N) is 3. The third-order valence-electron chi connectivity index (χ3n) is 4.15. The van der Waals surface area contributed by atoms with Gasteiger partial charge in [-0.25, -0.2) is 9.78 Å². The zero-order valence-electron chi connectivity index (χ0n) is 12.4. The van der Waals surface area contributed by atoms with Gasteiger partial charge in [-0.1, -0.05) is 6.92 Å². The van der Waals surface area contributed by atoms with Crippen molar-refractivity contribution in [1.82, 2.24) is 14.5 Å². The molecule has 3 heterocycles. The van der Waals surface area contributed by atoms with Gasteiger partial charge in [0.2, 0.25) is 0 Å². The van der Waals surface area contributed by atoms with Crippen LogP contribution in [0.3, 0.4) is 0 Å². The van der Waals surface area contributed by atoms with Gasteiger partial charge in [0.1, 0.15) is 5.52 Å². The maximum Gasteiger partial charge on any atom is 0.327 e. The molecule has 0 spiro atoms. The first-order chi connectivity index (χ1) is 9.60. The average Bonchev–Trinajstić information content (AvgIpc) is 2.73. The number of hydrogen-bond donors (Lipinski definition) is 1. The van der Waals surface area contributed by atoms with Gasteiger partial charge < -0.3 is 9.88 Å². The minimum Gasteiger partial charge on any atom is -0.369 e. The second-order valence-corrected chi connectivity index (χ2v) is 5.85. The van der Waals surface area contributed by atoms with Crippen molar-refractivity contribution >= 4 is 16.9 Å². The van der Waals surface area contributed by atoms with Crippen LogP contribution >= 0.6 is 0 Å². The van der Waals surface area contributed by atoms with Crippen LogP contribution in [-0.2, 0) is 6.54 Å². The number of anilines is 1. The van der Waals surface area contributed by atoms with Gasteiger partial charge in [0.05, 0.1) is 5.69 Å². The molecule has 0 aliphatic carbocycles. The average molecular weight is 274 g/mol. The summed E-state index contributed by atoms with van der Waals surface area (Å²) in [4.78, 5) is 22.0. The van der Waals surface area contributed by atoms with Crippen LogP contribution in [0, 0.1) is 12.8 Å². The van der Waals surface area contributed by atoms with Crippen LogP contribution in [0.4, 0.5) is 5.69 Å². The molecule has 0 bridgehead atoms. The highest BCUT2D eigenvalue weighted by Crippen LogP contribution is 2.28. The SMILES string of the molecule is CCn1c(=O)[nH]c2c(N3CCC[C@@H](C)C3)cc(C)nc21. The van der Waals surface area contributed by atoms with E-state index in [2.05, 4.69) is 27.9 Å². The van der Waals surface area contributed by atoms with E-state index in [1.54, 1.807) is 4.57 Å². The molecular weight excluding hydrogens is 252 g/mol. The number of piperidine rings is 1. The normalized spacial score (nSPS) is 19.8. The van der Waals surface area contributed by atoms with E-state index in [0.29, 0.717) is 12.5 Å². The van der Waals surface area contributed by atoms with Gasteiger partial charge in [0.15, 0.2) is 5.65 Å². The molecule has 1 N–H and O–H groups in total. The van der Waals surface area contributed by atoms with Crippen LogP contribution in [0.1, 0.15) is 32.4 Å². The summed E-state index contributed by atoms with van der Waals surface area (Å²) < 4.78 is 1.71. The fraction of sp³-hybridized carbons (Fsp3) is 0.600. The fourth-order valence-corrected chi connectivity index (χ4v) is 3.18. The molecule has 0 aromatic carbocycles. The molecule has 108 valence electrons. The van der Waals surface area contributed by atoms with Crippen molar-refractivity contribution in [2.24, 2.45) is 5.92 Å². The number of rotatable bonds is 2. The number of aromatic amines is 1. The Morgan fingerprint density at radius 1 is 1.50 bits per heavy atom. The summed E-state index contributed by atoms with van der Waals surface area (Å²) in [6, 6.07) is 2.09. The van der Waals surface area contributed by atoms with Crippen molar-refractivity contribution in [3.05, 3.63) is 22.2 Å². The van der Waals surface area contributed by atoms with E-state index >= 15 is 0 Å². The summed E-state index contributed by atoms with van der Waals surface area (Å²) in [5.41, 5.74) is 3.70. The lowest BCUT2D eigenvalue weighted by atomic mass is 9.99. The minimum absolute atomic E-state index is 0.0630. The second-order valence-electron chi connectivity index (χ2n) is 5.85. The monoisotopic (exact) mass is 274 g/mol. The minimum atomic E-state index is -0.0630. The van der Waals surface area contributed by atoms with Crippen molar-refractivity contribution in [1.29, 1.82) is 0 Å². The Labute approximate surface area is 118 Å². The predicted octanol–water partition coefficient (Wildman–Crippen LogP) is 2.29. The third-order valence-corrected chi connectivity index (χ3v) is 4.15. The van der Waals surface area contributed by atoms with Gasteiger partial charge >= 0.3 is 5.69 Å².